The molecule has 0 aliphatic carbocycles. The average molecular weight is 365 g/mol. The first-order valence-corrected chi connectivity index (χ1v) is 9.72. The molecule has 0 atom stereocenters. The molecule has 2 aromatic rings. The van der Waals surface area contributed by atoms with E-state index in [1.54, 1.807) is 12.1 Å². The summed E-state index contributed by atoms with van der Waals surface area (Å²) in [6, 6.07) is 7.83. The van der Waals surface area contributed by atoms with E-state index >= 15 is 0 Å². The highest BCUT2D eigenvalue weighted by atomic mass is 32.2. The number of aliphatic carboxylic acids is 1. The van der Waals surface area contributed by atoms with Crippen molar-refractivity contribution in [1.29, 1.82) is 0 Å². The van der Waals surface area contributed by atoms with Crippen LogP contribution in [0.5, 0.6) is 0 Å². The van der Waals surface area contributed by atoms with Crippen LogP contribution < -0.4 is 5.11 Å². The number of aryl methyl sites for hydroxylation is 1. The maximum atomic E-state index is 10.6. The number of carbonyl (C=O) groups is 1. The minimum Gasteiger partial charge on any atom is -0.550 e. The Morgan fingerprint density at radius 2 is 2.08 bits per heavy atom. The molecule has 134 valence electrons. The van der Waals surface area contributed by atoms with Crippen LogP contribution in [0, 0.1) is 11.8 Å². The number of nitrogens with zero attached hydrogens (tertiary/aromatic N) is 2. The second-order valence-corrected chi connectivity index (χ2v) is 8.19. The molecule has 1 aliphatic rings. The largest absolute Gasteiger partial charge is 0.550 e. The second kappa shape index (κ2) is 7.51. The van der Waals surface area contributed by atoms with E-state index < -0.39 is 5.97 Å². The van der Waals surface area contributed by atoms with Crippen LogP contribution in [-0.4, -0.2) is 21.9 Å². The van der Waals surface area contributed by atoms with E-state index in [1.807, 2.05) is 11.8 Å². The first-order valence-electron chi connectivity index (χ1n) is 8.73. The Morgan fingerprint density at radius 1 is 1.27 bits per heavy atom. The van der Waals surface area contributed by atoms with Crippen molar-refractivity contribution in [3.05, 3.63) is 52.3 Å². The van der Waals surface area contributed by atoms with Crippen LogP contribution >= 0.6 is 11.8 Å². The van der Waals surface area contributed by atoms with Gasteiger partial charge in [0.25, 0.3) is 0 Å². The summed E-state index contributed by atoms with van der Waals surface area (Å²) in [6.45, 7) is 6.71. The van der Waals surface area contributed by atoms with E-state index in [1.165, 1.54) is 16.0 Å². The summed E-state index contributed by atoms with van der Waals surface area (Å²) in [5, 5.41) is 18.5. The third-order valence-electron chi connectivity index (χ3n) is 4.67. The van der Waals surface area contributed by atoms with Crippen molar-refractivity contribution < 1.29 is 9.90 Å². The lowest BCUT2D eigenvalue weighted by atomic mass is 9.80. The number of thioether (sulfide) groups is 1. The summed E-state index contributed by atoms with van der Waals surface area (Å²) in [6.07, 6.45) is 1.85. The number of fused-ring (bicyclic) bond motifs is 1. The van der Waals surface area contributed by atoms with E-state index in [0.29, 0.717) is 11.4 Å². The molecule has 0 radical (unpaired) electrons. The molecule has 4 nitrogen and oxygen atoms in total. The maximum absolute atomic E-state index is 10.6. The average Bonchev–Trinajstić information content (AvgIpc) is 2.60. The van der Waals surface area contributed by atoms with Crippen molar-refractivity contribution in [1.82, 2.24) is 10.2 Å². The van der Waals surface area contributed by atoms with Gasteiger partial charge in [0.05, 0.1) is 5.69 Å². The zero-order valence-corrected chi connectivity index (χ0v) is 16.1. The Balaban J connectivity index is 1.93. The molecule has 0 amide bonds. The molecule has 0 bridgehead atoms. The highest BCUT2D eigenvalue weighted by Crippen LogP contribution is 2.42. The molecule has 0 saturated heterocycles. The van der Waals surface area contributed by atoms with Gasteiger partial charge in [-0.1, -0.05) is 26.7 Å². The van der Waals surface area contributed by atoms with Crippen LogP contribution in [0.4, 0.5) is 0 Å². The van der Waals surface area contributed by atoms with Gasteiger partial charge in [-0.15, -0.1) is 16.9 Å². The second-order valence-electron chi connectivity index (χ2n) is 7.05. The molecule has 1 aromatic carbocycles. The van der Waals surface area contributed by atoms with Crippen LogP contribution in [-0.2, 0) is 23.1 Å². The van der Waals surface area contributed by atoms with Gasteiger partial charge in [0.1, 0.15) is 5.69 Å². The smallest absolute Gasteiger partial charge is 0.136 e. The standard InChI is InChI=1S/C21H22N2O2S/c1-4-14-12-19-18(21(2,3)9-10-26-19)11-15(14)5-6-16-7-8-17(23-22-16)13-20(24)25/h7-8,11-12H,4,9-10,13H2,1-3H3,(H,24,25)/p-1. The fourth-order valence-electron chi connectivity index (χ4n) is 3.03. The Hall–Kier alpha value is -2.32. The summed E-state index contributed by atoms with van der Waals surface area (Å²) in [5.74, 6) is 6.28. The van der Waals surface area contributed by atoms with Gasteiger partial charge in [-0.3, -0.25) is 0 Å². The molecule has 1 aromatic heterocycles. The molecule has 26 heavy (non-hydrogen) atoms. The number of hydrogen-bond donors (Lipinski definition) is 0. The first-order chi connectivity index (χ1) is 12.4. The normalized spacial score (nSPS) is 14.9. The number of carboxylic acid groups (broad SMARTS) is 1. The Bertz CT molecular complexity index is 893. The van der Waals surface area contributed by atoms with Gasteiger partial charge in [-0.2, -0.15) is 5.10 Å². The van der Waals surface area contributed by atoms with Crippen LogP contribution in [0.3, 0.4) is 0 Å². The van der Waals surface area contributed by atoms with Gasteiger partial charge >= 0.3 is 0 Å². The van der Waals surface area contributed by atoms with Gasteiger partial charge in [-0.05, 0) is 65.3 Å². The third kappa shape index (κ3) is 4.08. The van der Waals surface area contributed by atoms with Crippen molar-refractivity contribution in [2.45, 2.75) is 50.3 Å². The van der Waals surface area contributed by atoms with Gasteiger partial charge < -0.3 is 9.90 Å². The van der Waals surface area contributed by atoms with E-state index in [-0.39, 0.29) is 11.8 Å². The monoisotopic (exact) mass is 365 g/mol. The molecular weight excluding hydrogens is 344 g/mol. The van der Waals surface area contributed by atoms with Crippen LogP contribution in [0.15, 0.2) is 29.2 Å². The Labute approximate surface area is 158 Å². The van der Waals surface area contributed by atoms with Crippen LogP contribution in [0.2, 0.25) is 0 Å². The van der Waals surface area contributed by atoms with Crippen molar-refractivity contribution in [2.75, 3.05) is 5.75 Å². The Kier molecular flexibility index (Phi) is 5.33. The number of carboxylic acids is 1. The predicted molar refractivity (Wildman–Crippen MR) is 101 cm³/mol. The first kappa shape index (κ1) is 18.5. The number of benzene rings is 1. The molecule has 0 fully saturated rings. The SMILES string of the molecule is CCc1cc2c(cc1C#Cc1ccc(CC(=O)[O-])nn1)C(C)(C)CCS2. The zero-order valence-electron chi connectivity index (χ0n) is 15.3. The molecule has 0 spiro atoms. The summed E-state index contributed by atoms with van der Waals surface area (Å²) in [7, 11) is 0. The highest BCUT2D eigenvalue weighted by Gasteiger charge is 2.28. The predicted octanol–water partition coefficient (Wildman–Crippen LogP) is 2.50. The molecular formula is C21H21N2O2S-. The van der Waals surface area contributed by atoms with Crippen LogP contribution in [0.25, 0.3) is 0 Å². The van der Waals surface area contributed by atoms with Crippen molar-refractivity contribution in [3.8, 4) is 11.8 Å². The number of hydrogen-bond acceptors (Lipinski definition) is 5. The van der Waals surface area contributed by atoms with Crippen molar-refractivity contribution in [3.63, 3.8) is 0 Å². The number of rotatable bonds is 3. The van der Waals surface area contributed by atoms with Gasteiger partial charge in [0.2, 0.25) is 0 Å². The van der Waals surface area contributed by atoms with E-state index in [0.717, 1.165) is 24.2 Å². The summed E-state index contributed by atoms with van der Waals surface area (Å²) >= 11 is 1.93. The topological polar surface area (TPSA) is 65.9 Å². The zero-order chi connectivity index (χ0) is 18.7. The van der Waals surface area contributed by atoms with Crippen molar-refractivity contribution >= 4 is 17.7 Å². The minimum absolute atomic E-state index is 0.162. The fourth-order valence-corrected chi connectivity index (χ4v) is 4.58. The van der Waals surface area contributed by atoms with Gasteiger partial charge in [-0.25, -0.2) is 0 Å². The quantitative estimate of drug-likeness (QED) is 0.782. The summed E-state index contributed by atoms with van der Waals surface area (Å²) in [4.78, 5) is 12.0. The minimum atomic E-state index is -1.17. The molecule has 5 heteroatoms. The summed E-state index contributed by atoms with van der Waals surface area (Å²) < 4.78 is 0. The lowest BCUT2D eigenvalue weighted by Gasteiger charge is -2.32. The van der Waals surface area contributed by atoms with Gasteiger partial charge in [0, 0.05) is 22.8 Å². The maximum Gasteiger partial charge on any atom is 0.136 e. The van der Waals surface area contributed by atoms with Crippen LogP contribution in [0.1, 0.15) is 55.3 Å². The third-order valence-corrected chi connectivity index (χ3v) is 5.73. The molecule has 1 aliphatic heterocycles. The van der Waals surface area contributed by atoms with E-state index in [4.69, 9.17) is 0 Å². The summed E-state index contributed by atoms with van der Waals surface area (Å²) in [5.41, 5.74) is 4.70. The molecule has 0 unspecified atom stereocenters. The van der Waals surface area contributed by atoms with Crippen molar-refractivity contribution in [2.24, 2.45) is 0 Å². The molecule has 0 N–H and O–H groups in total. The van der Waals surface area contributed by atoms with E-state index in [2.05, 4.69) is 54.9 Å². The highest BCUT2D eigenvalue weighted by molar-refractivity contribution is 7.99. The van der Waals surface area contributed by atoms with Gasteiger partial charge in [0.15, 0.2) is 0 Å². The number of aromatic nitrogens is 2. The molecule has 3 rings (SSSR count). The fraction of sp³-hybridized carbons (Fsp3) is 0.381. The van der Waals surface area contributed by atoms with E-state index in [9.17, 15) is 9.90 Å². The lowest BCUT2D eigenvalue weighted by molar-refractivity contribution is -0.304. The lowest BCUT2D eigenvalue weighted by Crippen LogP contribution is -2.24. The molecule has 0 saturated carbocycles. The molecule has 2 heterocycles. The Morgan fingerprint density at radius 3 is 2.73 bits per heavy atom. The number of carbonyl (C=O) groups excluding carboxylic acids is 1.